The standard InChI is InChI=1S/C15H21NO3/c1-11-4-5-12(2)13(6-11)7-16(3)8-15(14(17)18)9-19-10-15/h4-6H,7-10H2,1-3H3,(H,17,18). The van der Waals surface area contributed by atoms with Gasteiger partial charge >= 0.3 is 5.97 Å². The number of carboxylic acid groups (broad SMARTS) is 1. The van der Waals surface area contributed by atoms with E-state index < -0.39 is 11.4 Å². The molecular formula is C15H21NO3. The van der Waals surface area contributed by atoms with Gasteiger partial charge in [-0.1, -0.05) is 23.8 Å². The van der Waals surface area contributed by atoms with E-state index in [-0.39, 0.29) is 0 Å². The quantitative estimate of drug-likeness (QED) is 0.880. The second kappa shape index (κ2) is 5.31. The average Bonchev–Trinajstić information content (AvgIpc) is 2.28. The zero-order chi connectivity index (χ0) is 14.0. The molecule has 0 bridgehead atoms. The Morgan fingerprint density at radius 3 is 2.63 bits per heavy atom. The molecule has 0 unspecified atom stereocenters. The Bertz CT molecular complexity index is 480. The van der Waals surface area contributed by atoms with E-state index in [1.165, 1.54) is 16.7 Å². The van der Waals surface area contributed by atoms with Gasteiger partial charge in [0.05, 0.1) is 13.2 Å². The van der Waals surface area contributed by atoms with Crippen molar-refractivity contribution < 1.29 is 14.6 Å². The first-order valence-corrected chi connectivity index (χ1v) is 6.49. The lowest BCUT2D eigenvalue weighted by Crippen LogP contribution is -2.55. The van der Waals surface area contributed by atoms with E-state index in [1.807, 2.05) is 7.05 Å². The molecule has 0 atom stereocenters. The molecule has 0 aromatic heterocycles. The number of carboxylic acids is 1. The maximum absolute atomic E-state index is 11.3. The van der Waals surface area contributed by atoms with E-state index in [2.05, 4.69) is 36.9 Å². The maximum atomic E-state index is 11.3. The first-order valence-electron chi connectivity index (χ1n) is 6.49. The molecule has 1 fully saturated rings. The van der Waals surface area contributed by atoms with Crippen LogP contribution in [-0.4, -0.2) is 42.8 Å². The van der Waals surface area contributed by atoms with Gasteiger partial charge < -0.3 is 14.7 Å². The summed E-state index contributed by atoms with van der Waals surface area (Å²) in [6.45, 7) is 6.08. The molecule has 1 aliphatic rings. The number of nitrogens with zero attached hydrogens (tertiary/aromatic N) is 1. The minimum atomic E-state index is -0.758. The molecule has 104 valence electrons. The molecule has 0 saturated carbocycles. The van der Waals surface area contributed by atoms with Crippen LogP contribution in [0.5, 0.6) is 0 Å². The number of rotatable bonds is 5. The van der Waals surface area contributed by atoms with Gasteiger partial charge in [-0.15, -0.1) is 0 Å². The van der Waals surface area contributed by atoms with E-state index >= 15 is 0 Å². The Labute approximate surface area is 114 Å². The largest absolute Gasteiger partial charge is 0.481 e. The van der Waals surface area contributed by atoms with Gasteiger partial charge in [0.1, 0.15) is 5.41 Å². The third-order valence-electron chi connectivity index (χ3n) is 3.73. The Kier molecular flexibility index (Phi) is 3.92. The molecule has 4 heteroatoms. The Hall–Kier alpha value is -1.39. The van der Waals surface area contributed by atoms with Crippen LogP contribution in [0.2, 0.25) is 0 Å². The molecule has 1 aromatic rings. The topological polar surface area (TPSA) is 49.8 Å². The van der Waals surface area contributed by atoms with Gasteiger partial charge in [0.2, 0.25) is 0 Å². The number of hydrogen-bond acceptors (Lipinski definition) is 3. The Morgan fingerprint density at radius 2 is 2.11 bits per heavy atom. The fourth-order valence-electron chi connectivity index (χ4n) is 2.46. The number of hydrogen-bond donors (Lipinski definition) is 1. The summed E-state index contributed by atoms with van der Waals surface area (Å²) < 4.78 is 5.09. The molecule has 0 amide bonds. The highest BCUT2D eigenvalue weighted by Gasteiger charge is 2.46. The van der Waals surface area contributed by atoms with E-state index in [0.29, 0.717) is 19.8 Å². The Balaban J connectivity index is 2.03. The molecular weight excluding hydrogens is 242 g/mol. The van der Waals surface area contributed by atoms with Crippen LogP contribution in [0.15, 0.2) is 18.2 Å². The van der Waals surface area contributed by atoms with Gasteiger partial charge in [0.25, 0.3) is 0 Å². The third kappa shape index (κ3) is 2.96. The lowest BCUT2D eigenvalue weighted by atomic mass is 9.85. The highest BCUT2D eigenvalue weighted by Crippen LogP contribution is 2.29. The molecule has 0 spiro atoms. The van der Waals surface area contributed by atoms with Gasteiger partial charge in [0.15, 0.2) is 0 Å². The predicted octanol–water partition coefficient (Wildman–Crippen LogP) is 1.84. The number of benzene rings is 1. The normalized spacial score (nSPS) is 17.3. The van der Waals surface area contributed by atoms with Gasteiger partial charge in [-0.3, -0.25) is 4.79 Å². The minimum absolute atomic E-state index is 0.319. The minimum Gasteiger partial charge on any atom is -0.481 e. The number of aryl methyl sites for hydroxylation is 2. The summed E-state index contributed by atoms with van der Waals surface area (Å²) in [6, 6.07) is 6.37. The summed E-state index contributed by atoms with van der Waals surface area (Å²) in [5, 5.41) is 9.29. The van der Waals surface area contributed by atoms with Crippen molar-refractivity contribution in [3.05, 3.63) is 34.9 Å². The maximum Gasteiger partial charge on any atom is 0.315 e. The zero-order valence-electron chi connectivity index (χ0n) is 11.8. The van der Waals surface area contributed by atoms with Crippen LogP contribution in [0.3, 0.4) is 0 Å². The molecule has 4 nitrogen and oxygen atoms in total. The van der Waals surface area contributed by atoms with Gasteiger partial charge in [0, 0.05) is 13.1 Å². The number of carbonyl (C=O) groups is 1. The predicted molar refractivity (Wildman–Crippen MR) is 73.1 cm³/mol. The fourth-order valence-corrected chi connectivity index (χ4v) is 2.46. The molecule has 0 aliphatic carbocycles. The van der Waals surface area contributed by atoms with Crippen molar-refractivity contribution in [1.29, 1.82) is 0 Å². The molecule has 1 N–H and O–H groups in total. The van der Waals surface area contributed by atoms with Crippen molar-refractivity contribution in [1.82, 2.24) is 4.90 Å². The third-order valence-corrected chi connectivity index (χ3v) is 3.73. The second-order valence-corrected chi connectivity index (χ2v) is 5.68. The molecule has 1 aliphatic heterocycles. The number of ether oxygens (including phenoxy) is 1. The molecule has 2 rings (SSSR count). The van der Waals surface area contributed by atoms with Crippen LogP contribution in [0.4, 0.5) is 0 Å². The van der Waals surface area contributed by atoms with Gasteiger partial charge in [-0.25, -0.2) is 0 Å². The SMILES string of the molecule is Cc1ccc(C)c(CN(C)CC2(C(=O)O)COC2)c1. The van der Waals surface area contributed by atoms with Crippen LogP contribution in [0, 0.1) is 19.3 Å². The molecule has 19 heavy (non-hydrogen) atoms. The Morgan fingerprint density at radius 1 is 1.42 bits per heavy atom. The number of aliphatic carboxylic acids is 1. The highest BCUT2D eigenvalue weighted by atomic mass is 16.5. The van der Waals surface area contributed by atoms with E-state index in [0.717, 1.165) is 6.54 Å². The summed E-state index contributed by atoms with van der Waals surface area (Å²) in [7, 11) is 1.96. The second-order valence-electron chi connectivity index (χ2n) is 5.68. The van der Waals surface area contributed by atoms with Crippen LogP contribution in [0.1, 0.15) is 16.7 Å². The summed E-state index contributed by atoms with van der Waals surface area (Å²) >= 11 is 0. The van der Waals surface area contributed by atoms with Crippen LogP contribution < -0.4 is 0 Å². The molecule has 1 saturated heterocycles. The van der Waals surface area contributed by atoms with Crippen molar-refractivity contribution >= 4 is 5.97 Å². The zero-order valence-corrected chi connectivity index (χ0v) is 11.8. The van der Waals surface area contributed by atoms with E-state index in [9.17, 15) is 9.90 Å². The smallest absolute Gasteiger partial charge is 0.315 e. The molecule has 1 heterocycles. The fraction of sp³-hybridized carbons (Fsp3) is 0.533. The summed E-state index contributed by atoms with van der Waals surface area (Å²) in [6.07, 6.45) is 0. The van der Waals surface area contributed by atoms with Crippen molar-refractivity contribution in [2.24, 2.45) is 5.41 Å². The molecule has 0 radical (unpaired) electrons. The van der Waals surface area contributed by atoms with Crippen molar-refractivity contribution in [2.75, 3.05) is 26.8 Å². The summed E-state index contributed by atoms with van der Waals surface area (Å²) in [5.74, 6) is -0.758. The summed E-state index contributed by atoms with van der Waals surface area (Å²) in [4.78, 5) is 13.4. The highest BCUT2D eigenvalue weighted by molar-refractivity contribution is 5.76. The van der Waals surface area contributed by atoms with E-state index in [4.69, 9.17) is 4.74 Å². The van der Waals surface area contributed by atoms with Crippen molar-refractivity contribution in [3.8, 4) is 0 Å². The van der Waals surface area contributed by atoms with Crippen LogP contribution in [-0.2, 0) is 16.1 Å². The summed E-state index contributed by atoms with van der Waals surface area (Å²) in [5.41, 5.74) is 3.01. The average molecular weight is 263 g/mol. The van der Waals surface area contributed by atoms with E-state index in [1.54, 1.807) is 0 Å². The van der Waals surface area contributed by atoms with Crippen LogP contribution >= 0.6 is 0 Å². The van der Waals surface area contributed by atoms with Crippen LogP contribution in [0.25, 0.3) is 0 Å². The van der Waals surface area contributed by atoms with Crippen molar-refractivity contribution in [3.63, 3.8) is 0 Å². The van der Waals surface area contributed by atoms with Crippen molar-refractivity contribution in [2.45, 2.75) is 20.4 Å². The lowest BCUT2D eigenvalue weighted by molar-refractivity contribution is -0.183. The molecule has 1 aromatic carbocycles. The first kappa shape index (κ1) is 14.0. The first-order chi connectivity index (χ1) is 8.93. The van der Waals surface area contributed by atoms with Gasteiger partial charge in [-0.2, -0.15) is 0 Å². The van der Waals surface area contributed by atoms with Gasteiger partial charge in [-0.05, 0) is 32.0 Å². The monoisotopic (exact) mass is 263 g/mol. The lowest BCUT2D eigenvalue weighted by Gasteiger charge is -2.40.